The lowest BCUT2D eigenvalue weighted by atomic mass is 9.94. The highest BCUT2D eigenvalue weighted by Gasteiger charge is 2.11. The van der Waals surface area contributed by atoms with Crippen LogP contribution in [0.15, 0.2) is 12.1 Å². The second-order valence-corrected chi connectivity index (χ2v) is 3.30. The number of nitrogens with two attached hydrogens (primary N) is 1. The van der Waals surface area contributed by atoms with Crippen LogP contribution in [0.5, 0.6) is 0 Å². The molecule has 0 saturated heterocycles. The summed E-state index contributed by atoms with van der Waals surface area (Å²) in [4.78, 5) is 0. The molecule has 2 aliphatic carbocycles. The van der Waals surface area contributed by atoms with Gasteiger partial charge in [-0.25, -0.2) is 0 Å². The third-order valence-corrected chi connectivity index (χ3v) is 2.63. The Morgan fingerprint density at radius 2 is 2.25 bits per heavy atom. The first-order valence-corrected chi connectivity index (χ1v) is 4.16. The minimum Gasteiger partial charge on any atom is -0.398 e. The number of rotatable bonds is 0. The van der Waals surface area contributed by atoms with Gasteiger partial charge in [0.05, 0.1) is 0 Å². The molecule has 0 saturated carbocycles. The zero-order chi connectivity index (χ0) is 8.13. The van der Waals surface area contributed by atoms with Crippen molar-refractivity contribution in [1.29, 1.82) is 0 Å². The fourth-order valence-electron chi connectivity index (χ4n) is 1.88. The summed E-state index contributed by atoms with van der Waals surface area (Å²) < 4.78 is 0. The zero-order valence-corrected chi connectivity index (χ0v) is 6.67. The second kappa shape index (κ2) is 1.81. The first-order chi connectivity index (χ1) is 5.86. The number of hydrogen-bond acceptors (Lipinski definition) is 1. The number of allylic oxidation sites excluding steroid dienone is 1. The van der Waals surface area contributed by atoms with Crippen LogP contribution >= 0.6 is 0 Å². The molecule has 3 rings (SSSR count). The van der Waals surface area contributed by atoms with Crippen molar-refractivity contribution >= 4 is 23.9 Å². The Morgan fingerprint density at radius 3 is 3.00 bits per heavy atom. The van der Waals surface area contributed by atoms with Crippen molar-refractivity contribution in [2.75, 3.05) is 5.73 Å². The van der Waals surface area contributed by atoms with E-state index in [1.54, 1.807) is 0 Å². The molecule has 12 heavy (non-hydrogen) atoms. The van der Waals surface area contributed by atoms with Gasteiger partial charge in [0, 0.05) is 11.3 Å². The van der Waals surface area contributed by atoms with Crippen molar-refractivity contribution in [2.45, 2.75) is 6.42 Å². The van der Waals surface area contributed by atoms with Crippen LogP contribution < -0.4 is 16.2 Å². The average molecular weight is 155 g/mol. The number of nitrogen functional groups attached to an aromatic ring is 1. The molecule has 58 valence electrons. The third-order valence-electron chi connectivity index (χ3n) is 2.63. The summed E-state index contributed by atoms with van der Waals surface area (Å²) in [6.07, 6.45) is 9.53. The second-order valence-electron chi connectivity index (χ2n) is 3.30. The largest absolute Gasteiger partial charge is 0.398 e. The molecule has 0 radical (unpaired) electrons. The molecule has 1 aromatic rings. The first-order valence-electron chi connectivity index (χ1n) is 4.16. The fourth-order valence-corrected chi connectivity index (χ4v) is 1.88. The van der Waals surface area contributed by atoms with E-state index >= 15 is 0 Å². The summed E-state index contributed by atoms with van der Waals surface area (Å²) in [6, 6.07) is 2.24. The highest BCUT2D eigenvalue weighted by atomic mass is 14.6. The minimum absolute atomic E-state index is 0.957. The van der Waals surface area contributed by atoms with E-state index in [0.717, 1.165) is 12.1 Å². The number of hydrogen-bond donors (Lipinski definition) is 1. The van der Waals surface area contributed by atoms with Crippen LogP contribution in [0.3, 0.4) is 0 Å². The summed E-state index contributed by atoms with van der Waals surface area (Å²) in [6.45, 7) is 0. The van der Waals surface area contributed by atoms with E-state index in [-0.39, 0.29) is 0 Å². The van der Waals surface area contributed by atoms with Crippen molar-refractivity contribution < 1.29 is 0 Å². The molecule has 0 atom stereocenters. The molecular weight excluding hydrogens is 146 g/mol. The molecule has 1 nitrogen and oxygen atoms in total. The van der Waals surface area contributed by atoms with Crippen LogP contribution in [0, 0.1) is 0 Å². The van der Waals surface area contributed by atoms with Gasteiger partial charge in [0.1, 0.15) is 0 Å². The highest BCUT2D eigenvalue weighted by molar-refractivity contribution is 5.77. The molecule has 0 heterocycles. The van der Waals surface area contributed by atoms with Crippen molar-refractivity contribution in [3.05, 3.63) is 33.7 Å². The van der Waals surface area contributed by atoms with Crippen molar-refractivity contribution in [2.24, 2.45) is 0 Å². The van der Waals surface area contributed by atoms with Crippen molar-refractivity contribution in [1.82, 2.24) is 0 Å². The van der Waals surface area contributed by atoms with E-state index in [2.05, 4.69) is 30.4 Å². The maximum atomic E-state index is 5.98. The number of benzene rings is 1. The van der Waals surface area contributed by atoms with E-state index in [1.165, 1.54) is 21.6 Å². The van der Waals surface area contributed by atoms with Crippen molar-refractivity contribution in [3.8, 4) is 0 Å². The maximum Gasteiger partial charge on any atom is 0.0467 e. The molecule has 0 amide bonds. The Morgan fingerprint density at radius 1 is 1.33 bits per heavy atom. The Balaban J connectivity index is 2.57. The quantitative estimate of drug-likeness (QED) is 0.540. The van der Waals surface area contributed by atoms with Gasteiger partial charge in [-0.05, 0) is 22.4 Å². The van der Waals surface area contributed by atoms with Crippen LogP contribution in [-0.4, -0.2) is 0 Å². The average Bonchev–Trinajstić information content (AvgIpc) is 2.43. The summed E-state index contributed by atoms with van der Waals surface area (Å²) in [5.74, 6) is 0. The van der Waals surface area contributed by atoms with Gasteiger partial charge < -0.3 is 5.73 Å². The zero-order valence-electron chi connectivity index (χ0n) is 6.67. The van der Waals surface area contributed by atoms with Crippen LogP contribution in [-0.2, 0) is 6.42 Å². The lowest BCUT2D eigenvalue weighted by Gasteiger charge is -2.13. The molecule has 2 aliphatic rings. The van der Waals surface area contributed by atoms with Gasteiger partial charge in [-0.2, -0.15) is 0 Å². The van der Waals surface area contributed by atoms with Crippen LogP contribution in [0.4, 0.5) is 5.69 Å². The third kappa shape index (κ3) is 0.549. The van der Waals surface area contributed by atoms with E-state index in [0.29, 0.717) is 0 Å². The van der Waals surface area contributed by atoms with E-state index in [4.69, 9.17) is 5.73 Å². The monoisotopic (exact) mass is 155 g/mol. The smallest absolute Gasteiger partial charge is 0.0467 e. The summed E-state index contributed by atoms with van der Waals surface area (Å²) in [7, 11) is 0. The SMILES string of the molecule is Nc1c2c(cc3c1=CC3)=CC=C2. The summed E-state index contributed by atoms with van der Waals surface area (Å²) in [5, 5.41) is 2.54. The van der Waals surface area contributed by atoms with Gasteiger partial charge in [-0.3, -0.25) is 0 Å². The maximum absolute atomic E-state index is 5.98. The highest BCUT2D eigenvalue weighted by Crippen LogP contribution is 2.14. The molecular formula is C11H9N. The molecule has 0 fully saturated rings. The molecule has 0 spiro atoms. The van der Waals surface area contributed by atoms with Crippen molar-refractivity contribution in [3.63, 3.8) is 0 Å². The van der Waals surface area contributed by atoms with Crippen LogP contribution in [0.25, 0.3) is 18.2 Å². The molecule has 1 heteroatoms. The Labute approximate surface area is 70.5 Å². The van der Waals surface area contributed by atoms with E-state index < -0.39 is 0 Å². The van der Waals surface area contributed by atoms with Gasteiger partial charge in [0.25, 0.3) is 0 Å². The lowest BCUT2D eigenvalue weighted by Crippen LogP contribution is -2.27. The Hall–Kier alpha value is -1.50. The molecule has 0 aromatic heterocycles. The predicted octanol–water partition coefficient (Wildman–Crippen LogP) is 0.413. The van der Waals surface area contributed by atoms with Gasteiger partial charge in [-0.1, -0.05) is 30.4 Å². The van der Waals surface area contributed by atoms with Gasteiger partial charge >= 0.3 is 0 Å². The van der Waals surface area contributed by atoms with Gasteiger partial charge in [0.2, 0.25) is 0 Å². The standard InChI is InChI=1S/C11H9N/c12-11-9-3-1-2-7(9)6-8-4-5-10(8)11/h1-3,5-6H,4,12H2. The fraction of sp³-hybridized carbons (Fsp3) is 0.0909. The minimum atomic E-state index is 0.957. The molecule has 0 unspecified atom stereocenters. The first kappa shape index (κ1) is 6.06. The molecule has 0 aliphatic heterocycles. The van der Waals surface area contributed by atoms with Crippen LogP contribution in [0.1, 0.15) is 11.1 Å². The van der Waals surface area contributed by atoms with Crippen LogP contribution in [0.2, 0.25) is 0 Å². The van der Waals surface area contributed by atoms with E-state index in [9.17, 15) is 0 Å². The normalized spacial score (nSPS) is 15.7. The number of fused-ring (bicyclic) bond motifs is 2. The molecule has 1 aromatic carbocycles. The van der Waals surface area contributed by atoms with Gasteiger partial charge in [-0.15, -0.1) is 0 Å². The summed E-state index contributed by atoms with van der Waals surface area (Å²) >= 11 is 0. The molecule has 0 bridgehead atoms. The van der Waals surface area contributed by atoms with Gasteiger partial charge in [0.15, 0.2) is 0 Å². The van der Waals surface area contributed by atoms with E-state index in [1.807, 2.05) is 0 Å². The predicted molar refractivity (Wildman–Crippen MR) is 51.8 cm³/mol. The topological polar surface area (TPSA) is 26.0 Å². The summed E-state index contributed by atoms with van der Waals surface area (Å²) in [5.41, 5.74) is 9.53. The Bertz CT molecular complexity index is 507. The number of anilines is 1. The molecule has 2 N–H and O–H groups in total. The Kier molecular flexibility index (Phi) is 0.912. The lowest BCUT2D eigenvalue weighted by molar-refractivity contribution is 1.20.